The first-order chi connectivity index (χ1) is 12.6. The van der Waals surface area contributed by atoms with Gasteiger partial charge in [-0.1, -0.05) is 12.8 Å². The molecule has 0 unspecified atom stereocenters. The third-order valence-electron chi connectivity index (χ3n) is 4.85. The van der Waals surface area contributed by atoms with Gasteiger partial charge in [-0.05, 0) is 43.2 Å². The molecule has 1 aliphatic heterocycles. The largest absolute Gasteiger partial charge is 0.467 e. The number of nitrogens with one attached hydrogen (secondary N) is 2. The lowest BCUT2D eigenvalue weighted by atomic mass is 10.1. The number of fused-ring (bicyclic) bond motifs is 1. The van der Waals surface area contributed by atoms with Crippen LogP contribution in [0, 0.1) is 0 Å². The lowest BCUT2D eigenvalue weighted by molar-refractivity contribution is 0.0658. The molecule has 3 aromatic rings. The summed E-state index contributed by atoms with van der Waals surface area (Å²) in [4.78, 5) is 43.0. The normalized spacial score (nSPS) is 18.0. The third-order valence-corrected chi connectivity index (χ3v) is 4.85. The van der Waals surface area contributed by atoms with Crippen molar-refractivity contribution in [2.75, 3.05) is 6.54 Å². The van der Waals surface area contributed by atoms with E-state index in [0.717, 1.165) is 31.4 Å². The first kappa shape index (κ1) is 16.4. The van der Waals surface area contributed by atoms with Crippen molar-refractivity contribution in [2.24, 2.45) is 0 Å². The maximum absolute atomic E-state index is 13.2. The number of aromatic amines is 2. The molecule has 0 spiro atoms. The summed E-state index contributed by atoms with van der Waals surface area (Å²) in [5.41, 5.74) is -0.0413. The van der Waals surface area contributed by atoms with Crippen LogP contribution in [0.1, 0.15) is 47.8 Å². The van der Waals surface area contributed by atoms with Crippen molar-refractivity contribution < 1.29 is 9.21 Å². The molecular formula is C19H19N3O4. The molecule has 1 fully saturated rings. The molecule has 1 atom stereocenters. The fourth-order valence-electron chi connectivity index (χ4n) is 3.54. The van der Waals surface area contributed by atoms with Crippen LogP contribution in [0.15, 0.2) is 50.6 Å². The quantitative estimate of drug-likeness (QED) is 0.692. The minimum absolute atomic E-state index is 0.0923. The summed E-state index contributed by atoms with van der Waals surface area (Å²) < 4.78 is 5.56. The Kier molecular flexibility index (Phi) is 4.20. The number of carbonyl (C=O) groups excluding carboxylic acids is 1. The number of furan rings is 1. The minimum atomic E-state index is -0.731. The fourth-order valence-corrected chi connectivity index (χ4v) is 3.54. The molecule has 1 saturated heterocycles. The smallest absolute Gasteiger partial charge is 0.314 e. The molecule has 1 aromatic carbocycles. The third kappa shape index (κ3) is 2.96. The van der Waals surface area contributed by atoms with Gasteiger partial charge in [-0.2, -0.15) is 0 Å². The van der Waals surface area contributed by atoms with Crippen molar-refractivity contribution in [2.45, 2.75) is 31.7 Å². The van der Waals surface area contributed by atoms with Gasteiger partial charge in [0.25, 0.3) is 5.91 Å². The predicted molar refractivity (Wildman–Crippen MR) is 96.1 cm³/mol. The number of hydrogen-bond acceptors (Lipinski definition) is 4. The van der Waals surface area contributed by atoms with E-state index in [-0.39, 0.29) is 11.9 Å². The van der Waals surface area contributed by atoms with Gasteiger partial charge < -0.3 is 19.3 Å². The molecule has 0 aliphatic carbocycles. The van der Waals surface area contributed by atoms with Gasteiger partial charge in [0.2, 0.25) is 0 Å². The van der Waals surface area contributed by atoms with Gasteiger partial charge in [-0.25, -0.2) is 0 Å². The molecule has 7 heteroatoms. The average molecular weight is 353 g/mol. The van der Waals surface area contributed by atoms with E-state index in [9.17, 15) is 14.4 Å². The lowest BCUT2D eigenvalue weighted by Crippen LogP contribution is -2.35. The summed E-state index contributed by atoms with van der Waals surface area (Å²) in [7, 11) is 0. The number of H-pyrrole nitrogens is 2. The van der Waals surface area contributed by atoms with Gasteiger partial charge in [0.05, 0.1) is 23.3 Å². The zero-order valence-corrected chi connectivity index (χ0v) is 14.2. The van der Waals surface area contributed by atoms with E-state index < -0.39 is 11.1 Å². The number of hydrogen-bond donors (Lipinski definition) is 2. The second-order valence-electron chi connectivity index (χ2n) is 6.55. The summed E-state index contributed by atoms with van der Waals surface area (Å²) in [6.45, 7) is 0.657. The number of aromatic nitrogens is 2. The maximum Gasteiger partial charge on any atom is 0.314 e. The zero-order chi connectivity index (χ0) is 18.1. The Morgan fingerprint density at radius 3 is 2.62 bits per heavy atom. The Labute approximate surface area is 148 Å². The Bertz CT molecular complexity index is 1050. The van der Waals surface area contributed by atoms with Crippen LogP contribution in [-0.2, 0) is 0 Å². The van der Waals surface area contributed by atoms with E-state index in [1.807, 2.05) is 17.0 Å². The van der Waals surface area contributed by atoms with E-state index in [1.165, 1.54) is 0 Å². The van der Waals surface area contributed by atoms with Crippen LogP contribution < -0.4 is 11.1 Å². The molecule has 26 heavy (non-hydrogen) atoms. The lowest BCUT2D eigenvalue weighted by Gasteiger charge is -2.28. The molecule has 0 bridgehead atoms. The van der Waals surface area contributed by atoms with Crippen molar-refractivity contribution in [3.63, 3.8) is 0 Å². The summed E-state index contributed by atoms with van der Waals surface area (Å²) in [6.07, 6.45) is 5.55. The van der Waals surface area contributed by atoms with Crippen LogP contribution in [0.3, 0.4) is 0 Å². The van der Waals surface area contributed by atoms with Crippen LogP contribution in [-0.4, -0.2) is 27.3 Å². The maximum atomic E-state index is 13.2. The topological polar surface area (TPSA) is 99.2 Å². The van der Waals surface area contributed by atoms with E-state index in [4.69, 9.17) is 4.42 Å². The second kappa shape index (κ2) is 6.67. The van der Waals surface area contributed by atoms with E-state index in [2.05, 4.69) is 9.97 Å². The standard InChI is InChI=1S/C19H19N3O4/c23-17-18(24)21-14-11-12(7-8-13(14)20-17)19(25)22-9-3-1-2-5-15(22)16-6-4-10-26-16/h4,6-8,10-11,15H,1-3,5,9H2,(H,20,23)(H,21,24)/t15-/m0/s1. The number of carbonyl (C=O) groups is 1. The SMILES string of the molecule is O=C(c1ccc2[nH]c(=O)c(=O)[nH]c2c1)N1CCCCC[C@H]1c1ccco1. The van der Waals surface area contributed by atoms with Crippen LogP contribution in [0.5, 0.6) is 0 Å². The first-order valence-electron chi connectivity index (χ1n) is 8.74. The highest BCUT2D eigenvalue weighted by atomic mass is 16.3. The average Bonchev–Trinajstić information content (AvgIpc) is 3.06. The molecule has 1 amide bonds. The Morgan fingerprint density at radius 2 is 1.85 bits per heavy atom. The summed E-state index contributed by atoms with van der Waals surface area (Å²) in [5.74, 6) is 0.682. The number of likely N-dealkylation sites (tertiary alicyclic amines) is 1. The molecule has 3 heterocycles. The Balaban J connectivity index is 1.72. The molecule has 0 saturated carbocycles. The zero-order valence-electron chi connectivity index (χ0n) is 14.2. The predicted octanol–water partition coefficient (Wildman–Crippen LogP) is 2.57. The molecule has 7 nitrogen and oxygen atoms in total. The minimum Gasteiger partial charge on any atom is -0.467 e. The summed E-state index contributed by atoms with van der Waals surface area (Å²) in [5, 5.41) is 0. The van der Waals surface area contributed by atoms with Crippen LogP contribution in [0.4, 0.5) is 0 Å². The van der Waals surface area contributed by atoms with E-state index >= 15 is 0 Å². The van der Waals surface area contributed by atoms with Gasteiger partial charge in [0.1, 0.15) is 5.76 Å². The molecule has 2 N–H and O–H groups in total. The highest BCUT2D eigenvalue weighted by Crippen LogP contribution is 2.31. The number of amides is 1. The molecular weight excluding hydrogens is 334 g/mol. The molecule has 4 rings (SSSR count). The fraction of sp³-hybridized carbons (Fsp3) is 0.316. The van der Waals surface area contributed by atoms with Crippen molar-refractivity contribution in [1.29, 1.82) is 0 Å². The first-order valence-corrected chi connectivity index (χ1v) is 8.74. The van der Waals surface area contributed by atoms with Gasteiger partial charge >= 0.3 is 11.1 Å². The van der Waals surface area contributed by atoms with Crippen LogP contribution in [0.25, 0.3) is 11.0 Å². The van der Waals surface area contributed by atoms with Crippen molar-refractivity contribution in [3.8, 4) is 0 Å². The summed E-state index contributed by atoms with van der Waals surface area (Å²) in [6, 6.07) is 8.56. The highest BCUT2D eigenvalue weighted by molar-refractivity contribution is 5.97. The van der Waals surface area contributed by atoms with Crippen molar-refractivity contribution in [1.82, 2.24) is 14.9 Å². The van der Waals surface area contributed by atoms with Gasteiger partial charge in [-0.15, -0.1) is 0 Å². The second-order valence-corrected chi connectivity index (χ2v) is 6.55. The molecule has 134 valence electrons. The molecule has 2 aromatic heterocycles. The van der Waals surface area contributed by atoms with Crippen LogP contribution in [0.2, 0.25) is 0 Å². The van der Waals surface area contributed by atoms with Crippen LogP contribution >= 0.6 is 0 Å². The van der Waals surface area contributed by atoms with Crippen molar-refractivity contribution >= 4 is 16.9 Å². The highest BCUT2D eigenvalue weighted by Gasteiger charge is 2.29. The Morgan fingerprint density at radius 1 is 1.04 bits per heavy atom. The van der Waals surface area contributed by atoms with Crippen molar-refractivity contribution in [3.05, 3.63) is 68.6 Å². The molecule has 1 aliphatic rings. The monoisotopic (exact) mass is 353 g/mol. The van der Waals surface area contributed by atoms with E-state index in [1.54, 1.807) is 24.5 Å². The molecule has 0 radical (unpaired) electrons. The summed E-state index contributed by atoms with van der Waals surface area (Å²) >= 11 is 0. The Hall–Kier alpha value is -3.09. The number of nitrogens with zero attached hydrogens (tertiary/aromatic N) is 1. The number of rotatable bonds is 2. The van der Waals surface area contributed by atoms with Gasteiger partial charge in [-0.3, -0.25) is 14.4 Å². The number of benzene rings is 1. The van der Waals surface area contributed by atoms with E-state index in [0.29, 0.717) is 23.1 Å². The van der Waals surface area contributed by atoms with Gasteiger partial charge in [0, 0.05) is 12.1 Å². The van der Waals surface area contributed by atoms with Gasteiger partial charge in [0.15, 0.2) is 0 Å².